The van der Waals surface area contributed by atoms with E-state index in [0.29, 0.717) is 19.3 Å². The van der Waals surface area contributed by atoms with Gasteiger partial charge in [0.2, 0.25) is 0 Å². The maximum atomic E-state index is 12.7. The molecular weight excluding hydrogens is 715 g/mol. The number of ether oxygens (including phenoxy) is 3. The molecule has 57 heavy (non-hydrogen) atoms. The van der Waals surface area contributed by atoms with Gasteiger partial charge in [-0.3, -0.25) is 9.59 Å². The average Bonchev–Trinajstić information content (AvgIpc) is 3.17. The summed E-state index contributed by atoms with van der Waals surface area (Å²) < 4.78 is 17.2. The minimum atomic E-state index is -0.881. The fourth-order valence-corrected chi connectivity index (χ4v) is 6.85. The van der Waals surface area contributed by atoms with Crippen LogP contribution in [0.4, 0.5) is 0 Å². The van der Waals surface area contributed by atoms with E-state index in [2.05, 4.69) is 44.2 Å². The largest absolute Gasteiger partial charge is 0.477 e. The highest BCUT2D eigenvalue weighted by atomic mass is 16.6. The van der Waals surface area contributed by atoms with Gasteiger partial charge in [-0.15, -0.1) is 0 Å². The van der Waals surface area contributed by atoms with Gasteiger partial charge in [0, 0.05) is 19.3 Å². The van der Waals surface area contributed by atoms with Crippen LogP contribution >= 0.6 is 0 Å². The molecule has 0 aromatic carbocycles. The van der Waals surface area contributed by atoms with Gasteiger partial charge >= 0.3 is 17.9 Å². The van der Waals surface area contributed by atoms with Crippen LogP contribution in [0.15, 0.2) is 36.5 Å². The van der Waals surface area contributed by atoms with Crippen LogP contribution in [-0.2, 0) is 28.6 Å². The number of hydrogen-bond acceptors (Lipinski definition) is 6. The first kappa shape index (κ1) is 54.6. The van der Waals surface area contributed by atoms with E-state index in [1.165, 1.54) is 135 Å². The molecule has 0 saturated carbocycles. The highest BCUT2D eigenvalue weighted by molar-refractivity contribution is 5.72. The molecule has 2 atom stereocenters. The van der Waals surface area contributed by atoms with Crippen molar-refractivity contribution in [3.05, 3.63) is 36.5 Å². The molecule has 0 heterocycles. The smallest absolute Gasteiger partial charge is 0.362 e. The zero-order chi connectivity index (χ0) is 42.1. The summed E-state index contributed by atoms with van der Waals surface area (Å²) in [6.45, 7) is 4.67. The Kier molecular flexibility index (Phi) is 38.6. The van der Waals surface area contributed by atoms with Crippen LogP contribution in [0.3, 0.4) is 0 Å². The molecule has 0 saturated heterocycles. The van der Waals surface area contributed by atoms with Crippen molar-refractivity contribution in [1.82, 2.24) is 0 Å². The molecule has 332 valence electrons. The van der Waals surface area contributed by atoms with Crippen molar-refractivity contribution in [2.45, 2.75) is 219 Å². The lowest BCUT2D eigenvalue weighted by molar-refractivity contribution is -0.887. The fourth-order valence-electron chi connectivity index (χ4n) is 6.85. The number of allylic oxidation sites excluding steroid dienone is 6. The maximum absolute atomic E-state index is 12.7. The van der Waals surface area contributed by atoms with Gasteiger partial charge in [0.25, 0.3) is 0 Å². The van der Waals surface area contributed by atoms with Crippen LogP contribution in [-0.4, -0.2) is 80.6 Å². The molecule has 0 aromatic heterocycles. The number of rotatable bonds is 42. The Balaban J connectivity index is 4.33. The van der Waals surface area contributed by atoms with Gasteiger partial charge in [0.15, 0.2) is 12.1 Å². The van der Waals surface area contributed by atoms with Crippen molar-refractivity contribution < 1.29 is 38.2 Å². The highest BCUT2D eigenvalue weighted by Gasteiger charge is 2.31. The number of carbonyl (C=O) groups excluding carboxylic acids is 2. The minimum Gasteiger partial charge on any atom is -0.477 e. The van der Waals surface area contributed by atoms with Crippen molar-refractivity contribution in [2.75, 3.05) is 41.0 Å². The standard InChI is InChI=1S/C49H89NO7/c1-6-8-10-12-14-16-18-20-21-22-23-24-25-26-28-30-32-34-36-38-40-48(52)57-45(43-55-42-41-46(49(53)54)50(3,4)5)44-56-47(51)39-37-35-33-31-29-27-19-17-15-13-11-9-7-2/h23-24,27,29,33,35,45-46H,6-22,25-26,28,30-32,34,36-44H2,1-5H3/p+1/b24-23+,29-27+,35-33+. The lowest BCUT2D eigenvalue weighted by atomic mass is 10.1. The summed E-state index contributed by atoms with van der Waals surface area (Å²) >= 11 is 0. The first-order valence-electron chi connectivity index (χ1n) is 23.5. The number of carbonyl (C=O) groups is 3. The number of hydrogen-bond donors (Lipinski definition) is 1. The summed E-state index contributed by atoms with van der Waals surface area (Å²) in [5, 5.41) is 9.62. The molecule has 0 fully saturated rings. The number of nitrogens with zero attached hydrogens (tertiary/aromatic N) is 1. The molecule has 0 spiro atoms. The van der Waals surface area contributed by atoms with Gasteiger partial charge < -0.3 is 23.8 Å². The van der Waals surface area contributed by atoms with Crippen LogP contribution in [0.2, 0.25) is 0 Å². The molecule has 1 N–H and O–H groups in total. The van der Waals surface area contributed by atoms with E-state index >= 15 is 0 Å². The minimum absolute atomic E-state index is 0.0436. The molecule has 0 bridgehead atoms. The number of quaternary nitrogens is 1. The summed E-state index contributed by atoms with van der Waals surface area (Å²) in [4.78, 5) is 37.0. The highest BCUT2D eigenvalue weighted by Crippen LogP contribution is 2.14. The summed E-state index contributed by atoms with van der Waals surface area (Å²) in [6.07, 6.45) is 46.3. The molecule has 0 aliphatic rings. The normalized spacial score (nSPS) is 13.2. The summed E-state index contributed by atoms with van der Waals surface area (Å²) in [5.41, 5.74) is 0. The molecule has 2 unspecified atom stereocenters. The average molecular weight is 805 g/mol. The van der Waals surface area contributed by atoms with Gasteiger partial charge in [0.1, 0.15) is 6.61 Å². The van der Waals surface area contributed by atoms with E-state index in [4.69, 9.17) is 14.2 Å². The topological polar surface area (TPSA) is 99.1 Å². The van der Waals surface area contributed by atoms with Gasteiger partial charge in [-0.2, -0.15) is 0 Å². The number of aliphatic carboxylic acids is 1. The van der Waals surface area contributed by atoms with E-state index in [1.807, 2.05) is 27.2 Å². The predicted molar refractivity (Wildman–Crippen MR) is 238 cm³/mol. The summed E-state index contributed by atoms with van der Waals surface area (Å²) in [7, 11) is 5.51. The zero-order valence-electron chi connectivity index (χ0n) is 37.8. The number of carboxylic acid groups (broad SMARTS) is 1. The molecule has 8 heteroatoms. The third-order valence-corrected chi connectivity index (χ3v) is 10.5. The van der Waals surface area contributed by atoms with E-state index < -0.39 is 18.1 Å². The maximum Gasteiger partial charge on any atom is 0.362 e. The van der Waals surface area contributed by atoms with Crippen molar-refractivity contribution in [3.63, 3.8) is 0 Å². The molecule has 0 aliphatic carbocycles. The molecule has 8 nitrogen and oxygen atoms in total. The number of unbranched alkanes of at least 4 members (excludes halogenated alkanes) is 22. The van der Waals surface area contributed by atoms with Crippen LogP contribution < -0.4 is 0 Å². The first-order chi connectivity index (χ1) is 27.6. The zero-order valence-corrected chi connectivity index (χ0v) is 37.8. The molecular formula is C49H90NO7+. The van der Waals surface area contributed by atoms with Crippen molar-refractivity contribution >= 4 is 17.9 Å². The second-order valence-electron chi connectivity index (χ2n) is 17.0. The summed E-state index contributed by atoms with van der Waals surface area (Å²) in [5.74, 6) is -1.55. The summed E-state index contributed by atoms with van der Waals surface area (Å²) in [6, 6.07) is -0.622. The second-order valence-corrected chi connectivity index (χ2v) is 17.0. The number of esters is 2. The Morgan fingerprint density at radius 1 is 0.526 bits per heavy atom. The third kappa shape index (κ3) is 38.8. The SMILES string of the molecule is CCCCCCCC/C=C/C/C=C/CCC(=O)OCC(COCCC(C(=O)O)[N+](C)(C)C)OC(=O)CCCCCCCCC/C=C/CCCCCCCCCCC. The van der Waals surface area contributed by atoms with Gasteiger partial charge in [-0.05, 0) is 57.8 Å². The Bertz CT molecular complexity index is 1030. The number of carboxylic acids is 1. The first-order valence-corrected chi connectivity index (χ1v) is 23.5. The van der Waals surface area contributed by atoms with Crippen molar-refractivity contribution in [2.24, 2.45) is 0 Å². The molecule has 0 aromatic rings. The quantitative estimate of drug-likeness (QED) is 0.0284. The second kappa shape index (κ2) is 40.3. The van der Waals surface area contributed by atoms with Crippen LogP contribution in [0, 0.1) is 0 Å². The van der Waals surface area contributed by atoms with E-state index in [0.717, 1.165) is 32.1 Å². The van der Waals surface area contributed by atoms with E-state index in [-0.39, 0.29) is 42.7 Å². The Morgan fingerprint density at radius 3 is 1.44 bits per heavy atom. The molecule has 0 radical (unpaired) electrons. The van der Waals surface area contributed by atoms with Gasteiger partial charge in [-0.25, -0.2) is 4.79 Å². The fraction of sp³-hybridized carbons (Fsp3) is 0.816. The Hall–Kier alpha value is -2.45. The lowest BCUT2D eigenvalue weighted by Gasteiger charge is -2.31. The van der Waals surface area contributed by atoms with E-state index in [1.54, 1.807) is 0 Å². The van der Waals surface area contributed by atoms with Crippen LogP contribution in [0.5, 0.6) is 0 Å². The van der Waals surface area contributed by atoms with Crippen molar-refractivity contribution in [1.29, 1.82) is 0 Å². The third-order valence-electron chi connectivity index (χ3n) is 10.5. The van der Waals surface area contributed by atoms with Crippen molar-refractivity contribution in [3.8, 4) is 0 Å². The Morgan fingerprint density at radius 2 is 0.965 bits per heavy atom. The molecule has 0 amide bonds. The number of likely N-dealkylation sites (N-methyl/N-ethyl adjacent to an activating group) is 1. The predicted octanol–water partition coefficient (Wildman–Crippen LogP) is 13.0. The van der Waals surface area contributed by atoms with Crippen LogP contribution in [0.25, 0.3) is 0 Å². The molecule has 0 aliphatic heterocycles. The van der Waals surface area contributed by atoms with Crippen LogP contribution in [0.1, 0.15) is 206 Å². The van der Waals surface area contributed by atoms with Gasteiger partial charge in [-0.1, -0.05) is 166 Å². The Labute approximate surface area is 351 Å². The van der Waals surface area contributed by atoms with E-state index in [9.17, 15) is 19.5 Å². The lowest BCUT2D eigenvalue weighted by Crippen LogP contribution is -2.50. The molecule has 0 rings (SSSR count). The van der Waals surface area contributed by atoms with Gasteiger partial charge in [0.05, 0.1) is 34.4 Å². The monoisotopic (exact) mass is 805 g/mol.